The fourth-order valence-electron chi connectivity index (χ4n) is 2.14. The van der Waals surface area contributed by atoms with Gasteiger partial charge in [0, 0.05) is 24.6 Å². The quantitative estimate of drug-likeness (QED) is 0.749. The zero-order chi connectivity index (χ0) is 14.3. The molecule has 0 saturated heterocycles. The van der Waals surface area contributed by atoms with Crippen molar-refractivity contribution in [2.24, 2.45) is 0 Å². The summed E-state index contributed by atoms with van der Waals surface area (Å²) in [5, 5.41) is 3.43. The third-order valence-electron chi connectivity index (χ3n) is 3.17. The highest BCUT2D eigenvalue weighted by Crippen LogP contribution is 2.16. The van der Waals surface area contributed by atoms with E-state index in [1.807, 2.05) is 42.9 Å². The molecule has 0 aliphatic heterocycles. The summed E-state index contributed by atoms with van der Waals surface area (Å²) in [6, 6.07) is 12.1. The number of nitrogens with one attached hydrogen (secondary N) is 1. The molecule has 4 nitrogen and oxygen atoms in total. The fourth-order valence-corrected chi connectivity index (χ4v) is 2.14. The second-order valence-corrected chi connectivity index (χ2v) is 4.69. The summed E-state index contributed by atoms with van der Waals surface area (Å²) in [6.07, 6.45) is 11.3. The highest BCUT2D eigenvalue weighted by Gasteiger charge is 2.01. The molecule has 106 valence electrons. The number of furan rings is 1. The maximum Gasteiger partial charge on any atom is 0.126 e. The van der Waals surface area contributed by atoms with Gasteiger partial charge in [-0.1, -0.05) is 24.3 Å². The topological polar surface area (TPSA) is 43.0 Å². The smallest absolute Gasteiger partial charge is 0.126 e. The average Bonchev–Trinajstić information content (AvgIpc) is 3.18. The molecule has 0 fully saturated rings. The maximum absolute atomic E-state index is 5.25. The van der Waals surface area contributed by atoms with Crippen LogP contribution in [0.2, 0.25) is 0 Å². The summed E-state index contributed by atoms with van der Waals surface area (Å²) in [6.45, 7) is 1.56. The Morgan fingerprint density at radius 3 is 2.95 bits per heavy atom. The zero-order valence-electron chi connectivity index (χ0n) is 11.6. The Bertz CT molecular complexity index is 685. The van der Waals surface area contributed by atoms with E-state index < -0.39 is 0 Å². The van der Waals surface area contributed by atoms with Gasteiger partial charge in [0.1, 0.15) is 5.76 Å². The SMILES string of the molecule is C(=C\c1ccco1)/CNc1ccccc1Cn1ccnc1. The van der Waals surface area contributed by atoms with Crippen LogP contribution in [0.25, 0.3) is 6.08 Å². The lowest BCUT2D eigenvalue weighted by molar-refractivity contribution is 0.557. The molecule has 21 heavy (non-hydrogen) atoms. The van der Waals surface area contributed by atoms with Crippen LogP contribution in [0.3, 0.4) is 0 Å². The van der Waals surface area contributed by atoms with Gasteiger partial charge in [0.15, 0.2) is 0 Å². The number of nitrogens with zero attached hydrogens (tertiary/aromatic N) is 2. The predicted molar refractivity (Wildman–Crippen MR) is 84.0 cm³/mol. The fraction of sp³-hybridized carbons (Fsp3) is 0.118. The number of rotatable bonds is 6. The first-order valence-corrected chi connectivity index (χ1v) is 6.89. The average molecular weight is 279 g/mol. The first kappa shape index (κ1) is 13.2. The Morgan fingerprint density at radius 2 is 2.14 bits per heavy atom. The largest absolute Gasteiger partial charge is 0.465 e. The first-order valence-electron chi connectivity index (χ1n) is 6.89. The van der Waals surface area contributed by atoms with Crippen molar-refractivity contribution in [1.29, 1.82) is 0 Å². The van der Waals surface area contributed by atoms with Crippen molar-refractivity contribution in [3.05, 3.63) is 78.8 Å². The number of hydrogen-bond acceptors (Lipinski definition) is 3. The van der Waals surface area contributed by atoms with Crippen molar-refractivity contribution < 1.29 is 4.42 Å². The van der Waals surface area contributed by atoms with Gasteiger partial charge >= 0.3 is 0 Å². The molecule has 0 amide bonds. The molecule has 3 rings (SSSR count). The Hall–Kier alpha value is -2.75. The van der Waals surface area contributed by atoms with Crippen molar-refractivity contribution in [2.45, 2.75) is 6.54 Å². The van der Waals surface area contributed by atoms with Crippen molar-refractivity contribution >= 4 is 11.8 Å². The summed E-state index contributed by atoms with van der Waals surface area (Å²) < 4.78 is 7.31. The Labute approximate surface area is 123 Å². The highest BCUT2D eigenvalue weighted by molar-refractivity contribution is 5.52. The Kier molecular flexibility index (Phi) is 4.17. The van der Waals surface area contributed by atoms with E-state index in [9.17, 15) is 0 Å². The zero-order valence-corrected chi connectivity index (χ0v) is 11.6. The molecule has 0 spiro atoms. The van der Waals surface area contributed by atoms with E-state index in [0.29, 0.717) is 0 Å². The van der Waals surface area contributed by atoms with Crippen molar-refractivity contribution in [3.8, 4) is 0 Å². The van der Waals surface area contributed by atoms with Gasteiger partial charge in [-0.25, -0.2) is 4.98 Å². The van der Waals surface area contributed by atoms with Crippen molar-refractivity contribution in [2.75, 3.05) is 11.9 Å². The molecule has 0 saturated carbocycles. The van der Waals surface area contributed by atoms with Crippen molar-refractivity contribution in [3.63, 3.8) is 0 Å². The van der Waals surface area contributed by atoms with Crippen LogP contribution >= 0.6 is 0 Å². The summed E-state index contributed by atoms with van der Waals surface area (Å²) in [7, 11) is 0. The van der Waals surface area contributed by atoms with Crippen LogP contribution in [0, 0.1) is 0 Å². The molecule has 0 bridgehead atoms. The second kappa shape index (κ2) is 6.61. The standard InChI is InChI=1S/C17H17N3O/c1-2-8-17(15(5-1)13-20-11-10-18-14-20)19-9-3-6-16-7-4-12-21-16/h1-8,10-12,14,19H,9,13H2/b6-3+. The van der Waals surface area contributed by atoms with Gasteiger partial charge in [-0.2, -0.15) is 0 Å². The molecule has 4 heteroatoms. The van der Waals surface area contributed by atoms with Crippen LogP contribution in [0.1, 0.15) is 11.3 Å². The normalized spacial score (nSPS) is 11.0. The molecule has 0 aliphatic rings. The minimum Gasteiger partial charge on any atom is -0.465 e. The molecule has 0 aliphatic carbocycles. The monoisotopic (exact) mass is 279 g/mol. The first-order chi connectivity index (χ1) is 10.4. The Balaban J connectivity index is 1.62. The van der Waals surface area contributed by atoms with Gasteiger partial charge in [0.25, 0.3) is 0 Å². The molecule has 1 N–H and O–H groups in total. The van der Waals surface area contributed by atoms with E-state index in [1.54, 1.807) is 12.5 Å². The summed E-state index contributed by atoms with van der Waals surface area (Å²) in [4.78, 5) is 4.07. The molecule has 3 aromatic rings. The van der Waals surface area contributed by atoms with Gasteiger partial charge in [-0.15, -0.1) is 0 Å². The number of benzene rings is 1. The third kappa shape index (κ3) is 3.63. The lowest BCUT2D eigenvalue weighted by atomic mass is 10.1. The van der Waals surface area contributed by atoms with E-state index in [0.717, 1.165) is 24.5 Å². The number of hydrogen-bond donors (Lipinski definition) is 1. The third-order valence-corrected chi connectivity index (χ3v) is 3.17. The molecule has 0 unspecified atom stereocenters. The lowest BCUT2D eigenvalue weighted by Crippen LogP contribution is -2.04. The van der Waals surface area contributed by atoms with Gasteiger partial charge in [0.05, 0.1) is 19.1 Å². The van der Waals surface area contributed by atoms with Crippen molar-refractivity contribution in [1.82, 2.24) is 9.55 Å². The summed E-state index contributed by atoms with van der Waals surface area (Å²) in [5.74, 6) is 0.864. The van der Waals surface area contributed by atoms with E-state index in [-0.39, 0.29) is 0 Å². The van der Waals surface area contributed by atoms with Gasteiger partial charge in [-0.3, -0.25) is 0 Å². The van der Waals surface area contributed by atoms with E-state index >= 15 is 0 Å². The van der Waals surface area contributed by atoms with Crippen LogP contribution in [-0.4, -0.2) is 16.1 Å². The Morgan fingerprint density at radius 1 is 1.19 bits per heavy atom. The van der Waals surface area contributed by atoms with E-state index in [4.69, 9.17) is 4.42 Å². The number of aromatic nitrogens is 2. The van der Waals surface area contributed by atoms with Crippen LogP contribution in [0.4, 0.5) is 5.69 Å². The molecule has 1 aromatic carbocycles. The van der Waals surface area contributed by atoms with Gasteiger partial charge in [0.2, 0.25) is 0 Å². The van der Waals surface area contributed by atoms with Gasteiger partial charge < -0.3 is 14.3 Å². The van der Waals surface area contributed by atoms with E-state index in [2.05, 4.69) is 33.1 Å². The number of imidazole rings is 1. The summed E-state index contributed by atoms with van der Waals surface area (Å²) in [5.41, 5.74) is 2.37. The second-order valence-electron chi connectivity index (χ2n) is 4.69. The molecule has 0 atom stereocenters. The molecular weight excluding hydrogens is 262 g/mol. The van der Waals surface area contributed by atoms with Crippen LogP contribution in [-0.2, 0) is 6.54 Å². The van der Waals surface area contributed by atoms with E-state index in [1.165, 1.54) is 5.56 Å². The molecule has 2 aromatic heterocycles. The maximum atomic E-state index is 5.25. The van der Waals surface area contributed by atoms with Crippen LogP contribution in [0.5, 0.6) is 0 Å². The lowest BCUT2D eigenvalue weighted by Gasteiger charge is -2.11. The predicted octanol–water partition coefficient (Wildman–Crippen LogP) is 3.65. The number of anilines is 1. The number of para-hydroxylation sites is 1. The highest BCUT2D eigenvalue weighted by atomic mass is 16.3. The van der Waals surface area contributed by atoms with Crippen LogP contribution < -0.4 is 5.32 Å². The minimum absolute atomic E-state index is 0.752. The summed E-state index contributed by atoms with van der Waals surface area (Å²) >= 11 is 0. The van der Waals surface area contributed by atoms with Gasteiger partial charge in [-0.05, 0) is 29.8 Å². The van der Waals surface area contributed by atoms with Crippen LogP contribution in [0.15, 0.2) is 71.9 Å². The molecule has 2 heterocycles. The molecular formula is C17H17N3O. The molecule has 0 radical (unpaired) electrons. The minimum atomic E-state index is 0.752.